The van der Waals surface area contributed by atoms with Gasteiger partial charge in [-0.15, -0.1) is 4.95 Å². The smallest absolute Gasteiger partial charge is 0.409 e. The van der Waals surface area contributed by atoms with Crippen LogP contribution in [0.15, 0.2) is 5.10 Å². The Morgan fingerprint density at radius 2 is 2.00 bits per heavy atom. The molecule has 1 fully saturated rings. The molecule has 7 nitrogen and oxygen atoms in total. The van der Waals surface area contributed by atoms with E-state index < -0.39 is 0 Å². The van der Waals surface area contributed by atoms with Crippen LogP contribution in [-0.4, -0.2) is 54.6 Å². The van der Waals surface area contributed by atoms with Gasteiger partial charge in [-0.25, -0.2) is 4.79 Å². The van der Waals surface area contributed by atoms with Crippen LogP contribution < -0.4 is 5.73 Å². The molecule has 0 unspecified atom stereocenters. The molecule has 16 heavy (non-hydrogen) atoms. The Morgan fingerprint density at radius 1 is 1.44 bits per heavy atom. The summed E-state index contributed by atoms with van der Waals surface area (Å²) in [7, 11) is 0. The van der Waals surface area contributed by atoms with Gasteiger partial charge in [0.15, 0.2) is 0 Å². The molecule has 0 aromatic rings. The van der Waals surface area contributed by atoms with Gasteiger partial charge in [0.25, 0.3) is 5.96 Å². The standard InChI is InChI=1S/C9H15N5O2/c1-3-16-9(15)14-6-4-13(5-7-14)8(10)12-11-2/h3-7H2,1H3,(H2,10,12). The highest BCUT2D eigenvalue weighted by atomic mass is 16.6. The van der Waals surface area contributed by atoms with Crippen molar-refractivity contribution < 1.29 is 9.53 Å². The van der Waals surface area contributed by atoms with Crippen molar-refractivity contribution in [3.63, 3.8) is 0 Å². The maximum absolute atomic E-state index is 11.4. The molecule has 0 aromatic heterocycles. The van der Waals surface area contributed by atoms with E-state index in [0.717, 1.165) is 0 Å². The number of nitrogens with zero attached hydrogens (tertiary/aromatic N) is 4. The fourth-order valence-corrected chi connectivity index (χ4v) is 1.45. The van der Waals surface area contributed by atoms with Gasteiger partial charge in [-0.2, -0.15) is 6.57 Å². The van der Waals surface area contributed by atoms with E-state index in [2.05, 4.69) is 10.1 Å². The van der Waals surface area contributed by atoms with Crippen LogP contribution in [0.25, 0.3) is 4.95 Å². The quantitative estimate of drug-likeness (QED) is 0.293. The molecule has 0 aliphatic carbocycles. The number of piperazine rings is 1. The number of hydrogen-bond donors (Lipinski definition) is 1. The maximum atomic E-state index is 11.4. The van der Waals surface area contributed by atoms with Gasteiger partial charge in [-0.3, -0.25) is 0 Å². The fraction of sp³-hybridized carbons (Fsp3) is 0.667. The minimum Gasteiger partial charge on any atom is -0.450 e. The Morgan fingerprint density at radius 3 is 2.50 bits per heavy atom. The number of nitrogens with two attached hydrogens (primary N) is 1. The molecule has 1 heterocycles. The molecule has 1 amide bonds. The van der Waals surface area contributed by atoms with E-state index in [4.69, 9.17) is 17.0 Å². The predicted molar refractivity (Wildman–Crippen MR) is 58.4 cm³/mol. The van der Waals surface area contributed by atoms with Gasteiger partial charge in [0.1, 0.15) is 5.10 Å². The lowest BCUT2D eigenvalue weighted by Gasteiger charge is -2.33. The minimum absolute atomic E-state index is 0.207. The average Bonchev–Trinajstić information content (AvgIpc) is 2.30. The van der Waals surface area contributed by atoms with Crippen LogP contribution in [-0.2, 0) is 4.74 Å². The molecule has 0 atom stereocenters. The van der Waals surface area contributed by atoms with Crippen LogP contribution >= 0.6 is 0 Å². The Balaban J connectivity index is 2.43. The molecule has 88 valence electrons. The van der Waals surface area contributed by atoms with Gasteiger partial charge in [-0.05, 0) is 6.92 Å². The fourth-order valence-electron chi connectivity index (χ4n) is 1.45. The number of hydrogen-bond acceptors (Lipinski definition) is 3. The molecular formula is C9H15N5O2. The number of rotatable bonds is 1. The lowest BCUT2D eigenvalue weighted by atomic mass is 10.3. The van der Waals surface area contributed by atoms with Crippen LogP contribution in [0.1, 0.15) is 6.92 Å². The number of guanidine groups is 1. The highest BCUT2D eigenvalue weighted by Crippen LogP contribution is 2.03. The van der Waals surface area contributed by atoms with E-state index in [0.29, 0.717) is 32.8 Å². The summed E-state index contributed by atoms with van der Waals surface area (Å²) < 4.78 is 4.88. The number of ether oxygens (including phenoxy) is 1. The predicted octanol–water partition coefficient (Wildman–Crippen LogP) is -0.0905. The van der Waals surface area contributed by atoms with Gasteiger partial charge in [0, 0.05) is 26.2 Å². The molecule has 0 radical (unpaired) electrons. The van der Waals surface area contributed by atoms with E-state index in [1.165, 1.54) is 0 Å². The maximum Gasteiger partial charge on any atom is 0.409 e. The first-order valence-electron chi connectivity index (χ1n) is 5.05. The largest absolute Gasteiger partial charge is 0.450 e. The van der Waals surface area contributed by atoms with Crippen molar-refractivity contribution in [1.82, 2.24) is 9.80 Å². The summed E-state index contributed by atoms with van der Waals surface area (Å²) in [5.41, 5.74) is 5.57. The molecular weight excluding hydrogens is 210 g/mol. The van der Waals surface area contributed by atoms with Gasteiger partial charge >= 0.3 is 6.09 Å². The van der Waals surface area contributed by atoms with Crippen LogP contribution in [0.2, 0.25) is 0 Å². The van der Waals surface area contributed by atoms with Crippen molar-refractivity contribution in [1.29, 1.82) is 0 Å². The van der Waals surface area contributed by atoms with Gasteiger partial charge in [0.05, 0.1) is 6.61 Å². The highest BCUT2D eigenvalue weighted by molar-refractivity contribution is 5.78. The van der Waals surface area contributed by atoms with Crippen LogP contribution in [0.5, 0.6) is 0 Å². The molecule has 0 spiro atoms. The van der Waals surface area contributed by atoms with Gasteiger partial charge in [0.2, 0.25) is 0 Å². The van der Waals surface area contributed by atoms with Crippen molar-refractivity contribution in [3.05, 3.63) is 11.5 Å². The lowest BCUT2D eigenvalue weighted by molar-refractivity contribution is 0.0918. The molecule has 7 heteroatoms. The van der Waals surface area contributed by atoms with Gasteiger partial charge < -0.3 is 20.3 Å². The van der Waals surface area contributed by atoms with Crippen LogP contribution in [0.4, 0.5) is 4.79 Å². The summed E-state index contributed by atoms with van der Waals surface area (Å²) in [4.78, 5) is 17.6. The Labute approximate surface area is 94.3 Å². The van der Waals surface area contributed by atoms with E-state index in [9.17, 15) is 4.79 Å². The molecule has 1 aliphatic rings. The Hall–Kier alpha value is -1.97. The summed E-state index contributed by atoms with van der Waals surface area (Å²) in [6, 6.07) is 0. The number of carbonyl (C=O) groups is 1. The second-order valence-corrected chi connectivity index (χ2v) is 3.23. The summed E-state index contributed by atoms with van der Waals surface area (Å²) in [5, 5.41) is 3.43. The lowest BCUT2D eigenvalue weighted by Crippen LogP contribution is -2.52. The first kappa shape index (κ1) is 12.1. The summed E-state index contributed by atoms with van der Waals surface area (Å²) in [6.07, 6.45) is -0.303. The number of carbonyl (C=O) groups excluding carboxylic acids is 1. The second-order valence-electron chi connectivity index (χ2n) is 3.23. The molecule has 2 N–H and O–H groups in total. The van der Waals surface area contributed by atoms with Crippen molar-refractivity contribution in [3.8, 4) is 0 Å². The minimum atomic E-state index is -0.303. The van der Waals surface area contributed by atoms with Crippen molar-refractivity contribution in [2.45, 2.75) is 6.92 Å². The molecule has 1 rings (SSSR count). The van der Waals surface area contributed by atoms with Crippen molar-refractivity contribution in [2.75, 3.05) is 32.8 Å². The third kappa shape index (κ3) is 3.02. The summed E-state index contributed by atoms with van der Waals surface area (Å²) >= 11 is 0. The Bertz CT molecular complexity index is 314. The van der Waals surface area contributed by atoms with E-state index in [1.54, 1.807) is 16.7 Å². The van der Waals surface area contributed by atoms with E-state index in [-0.39, 0.29) is 12.1 Å². The molecule has 0 bridgehead atoms. The first-order chi connectivity index (χ1) is 7.69. The first-order valence-corrected chi connectivity index (χ1v) is 5.05. The topological polar surface area (TPSA) is 75.5 Å². The third-order valence-electron chi connectivity index (χ3n) is 2.28. The Kier molecular flexibility index (Phi) is 4.39. The zero-order chi connectivity index (χ0) is 12.0. The van der Waals surface area contributed by atoms with Crippen LogP contribution in [0, 0.1) is 6.57 Å². The summed E-state index contributed by atoms with van der Waals surface area (Å²) in [6.45, 7) is 10.9. The SMILES string of the molecule is [C-]#[N+]/N=C(\N)N1CCN(C(=O)OCC)CC1. The van der Waals surface area contributed by atoms with Crippen LogP contribution in [0.3, 0.4) is 0 Å². The monoisotopic (exact) mass is 225 g/mol. The molecule has 1 saturated heterocycles. The number of amides is 1. The van der Waals surface area contributed by atoms with E-state index >= 15 is 0 Å². The highest BCUT2D eigenvalue weighted by Gasteiger charge is 2.23. The van der Waals surface area contributed by atoms with E-state index in [1.807, 2.05) is 0 Å². The zero-order valence-corrected chi connectivity index (χ0v) is 9.22. The molecule has 1 aliphatic heterocycles. The normalized spacial score (nSPS) is 16.9. The molecule has 0 saturated carbocycles. The summed E-state index contributed by atoms with van der Waals surface area (Å²) in [5.74, 6) is 0.207. The second kappa shape index (κ2) is 5.80. The molecule has 0 aromatic carbocycles. The average molecular weight is 225 g/mol. The van der Waals surface area contributed by atoms with Crippen molar-refractivity contribution in [2.24, 2.45) is 10.8 Å². The van der Waals surface area contributed by atoms with Crippen molar-refractivity contribution >= 4 is 12.1 Å². The third-order valence-corrected chi connectivity index (χ3v) is 2.28. The zero-order valence-electron chi connectivity index (χ0n) is 9.22. The van der Waals surface area contributed by atoms with Gasteiger partial charge in [-0.1, -0.05) is 0 Å².